The molecule has 18 heavy (non-hydrogen) atoms. The van der Waals surface area contributed by atoms with Gasteiger partial charge < -0.3 is 0 Å². The average molecular weight is 267 g/mol. The lowest BCUT2D eigenvalue weighted by Gasteiger charge is -2.13. The normalized spacial score (nSPS) is 18.9. The standard InChI is InChI=1S/C13H17NO3S/c15-13(12-6-2-1-3-7-12)8-4-9-14-10-5-11-18(14,16)17/h1-3,6-7H,4-5,8-11H2. The molecule has 1 heterocycles. The molecule has 4 nitrogen and oxygen atoms in total. The van der Waals surface area contributed by atoms with Crippen LogP contribution in [0.25, 0.3) is 0 Å². The molecule has 1 fully saturated rings. The van der Waals surface area contributed by atoms with Crippen LogP contribution in [0.5, 0.6) is 0 Å². The maximum atomic E-state index is 11.8. The molecular weight excluding hydrogens is 250 g/mol. The van der Waals surface area contributed by atoms with Crippen LogP contribution in [0.3, 0.4) is 0 Å². The quantitative estimate of drug-likeness (QED) is 0.763. The van der Waals surface area contributed by atoms with Gasteiger partial charge in [-0.3, -0.25) is 4.79 Å². The van der Waals surface area contributed by atoms with Crippen molar-refractivity contribution >= 4 is 15.8 Å². The van der Waals surface area contributed by atoms with Crippen LogP contribution < -0.4 is 0 Å². The van der Waals surface area contributed by atoms with Crippen LogP contribution >= 0.6 is 0 Å². The minimum absolute atomic E-state index is 0.0761. The minimum atomic E-state index is -3.03. The summed E-state index contributed by atoms with van der Waals surface area (Å²) < 4.78 is 24.6. The van der Waals surface area contributed by atoms with E-state index in [1.54, 1.807) is 12.1 Å². The van der Waals surface area contributed by atoms with Crippen LogP contribution in [0.1, 0.15) is 29.6 Å². The summed E-state index contributed by atoms with van der Waals surface area (Å²) in [5.41, 5.74) is 0.696. The van der Waals surface area contributed by atoms with Crippen LogP contribution in [0.15, 0.2) is 30.3 Å². The molecule has 1 aliphatic heterocycles. The van der Waals surface area contributed by atoms with Gasteiger partial charge in [0.1, 0.15) is 0 Å². The zero-order valence-electron chi connectivity index (χ0n) is 10.2. The highest BCUT2D eigenvalue weighted by atomic mass is 32.2. The fourth-order valence-corrected chi connectivity index (χ4v) is 3.69. The monoisotopic (exact) mass is 267 g/mol. The molecule has 0 atom stereocenters. The number of hydrogen-bond acceptors (Lipinski definition) is 3. The average Bonchev–Trinajstić information content (AvgIpc) is 2.70. The van der Waals surface area contributed by atoms with E-state index in [0.717, 1.165) is 0 Å². The molecule has 1 aromatic rings. The molecule has 2 rings (SSSR count). The molecule has 1 aliphatic rings. The van der Waals surface area contributed by atoms with Crippen molar-refractivity contribution in [1.82, 2.24) is 4.31 Å². The van der Waals surface area contributed by atoms with Gasteiger partial charge in [-0.25, -0.2) is 12.7 Å². The van der Waals surface area contributed by atoms with E-state index in [2.05, 4.69) is 0 Å². The van der Waals surface area contributed by atoms with Crippen LogP contribution in [0.4, 0.5) is 0 Å². The Bertz CT molecular complexity index is 510. The van der Waals surface area contributed by atoms with E-state index in [1.165, 1.54) is 4.31 Å². The first kappa shape index (κ1) is 13.2. The maximum Gasteiger partial charge on any atom is 0.214 e. The van der Waals surface area contributed by atoms with E-state index in [1.807, 2.05) is 18.2 Å². The Hall–Kier alpha value is -1.20. The van der Waals surface area contributed by atoms with Gasteiger partial charge in [-0.2, -0.15) is 0 Å². The fraction of sp³-hybridized carbons (Fsp3) is 0.462. The van der Waals surface area contributed by atoms with Crippen molar-refractivity contribution in [2.24, 2.45) is 0 Å². The highest BCUT2D eigenvalue weighted by Gasteiger charge is 2.27. The van der Waals surface area contributed by atoms with Crippen molar-refractivity contribution < 1.29 is 13.2 Å². The second-order valence-electron chi connectivity index (χ2n) is 4.46. The summed E-state index contributed by atoms with van der Waals surface area (Å²) in [6.45, 7) is 1.06. The maximum absolute atomic E-state index is 11.8. The van der Waals surface area contributed by atoms with Crippen molar-refractivity contribution in [3.8, 4) is 0 Å². The lowest BCUT2D eigenvalue weighted by atomic mass is 10.1. The molecule has 0 aliphatic carbocycles. The van der Waals surface area contributed by atoms with Gasteiger partial charge in [0.25, 0.3) is 0 Å². The molecule has 0 spiro atoms. The molecular formula is C13H17NO3S. The Labute approximate surface area is 108 Å². The lowest BCUT2D eigenvalue weighted by Crippen LogP contribution is -2.27. The predicted molar refractivity (Wildman–Crippen MR) is 70.0 cm³/mol. The molecule has 0 amide bonds. The Morgan fingerprint density at radius 2 is 1.94 bits per heavy atom. The minimum Gasteiger partial charge on any atom is -0.294 e. The van der Waals surface area contributed by atoms with Crippen molar-refractivity contribution in [2.45, 2.75) is 19.3 Å². The first-order valence-corrected chi connectivity index (χ1v) is 7.76. The van der Waals surface area contributed by atoms with Crippen LogP contribution in [0.2, 0.25) is 0 Å². The van der Waals surface area contributed by atoms with Gasteiger partial charge in [0.15, 0.2) is 5.78 Å². The van der Waals surface area contributed by atoms with Gasteiger partial charge in [-0.1, -0.05) is 30.3 Å². The molecule has 1 saturated heterocycles. The summed E-state index contributed by atoms with van der Waals surface area (Å²) >= 11 is 0. The van der Waals surface area contributed by atoms with Crippen molar-refractivity contribution in [2.75, 3.05) is 18.8 Å². The van der Waals surface area contributed by atoms with Crippen LogP contribution in [-0.4, -0.2) is 37.3 Å². The van der Waals surface area contributed by atoms with E-state index in [0.29, 0.717) is 37.9 Å². The summed E-state index contributed by atoms with van der Waals surface area (Å²) in [6, 6.07) is 9.10. The Morgan fingerprint density at radius 1 is 1.22 bits per heavy atom. The Balaban J connectivity index is 1.81. The number of nitrogens with zero attached hydrogens (tertiary/aromatic N) is 1. The van der Waals surface area contributed by atoms with E-state index in [-0.39, 0.29) is 11.5 Å². The second-order valence-corrected chi connectivity index (χ2v) is 6.55. The first-order chi connectivity index (χ1) is 8.59. The Morgan fingerprint density at radius 3 is 2.56 bits per heavy atom. The predicted octanol–water partition coefficient (Wildman–Crippen LogP) is 1.69. The summed E-state index contributed by atoms with van der Waals surface area (Å²) in [4.78, 5) is 11.8. The molecule has 98 valence electrons. The van der Waals surface area contributed by atoms with Gasteiger partial charge in [0.2, 0.25) is 10.0 Å². The number of benzene rings is 1. The SMILES string of the molecule is O=C(CCCN1CCCS1(=O)=O)c1ccccc1. The van der Waals surface area contributed by atoms with Crippen molar-refractivity contribution in [1.29, 1.82) is 0 Å². The summed E-state index contributed by atoms with van der Waals surface area (Å²) in [5, 5.41) is 0. The number of carbonyl (C=O) groups is 1. The zero-order chi connectivity index (χ0) is 13.0. The number of Topliss-reactive ketones (excluding diaryl/α,β-unsaturated/α-hetero) is 1. The van der Waals surface area contributed by atoms with Crippen molar-refractivity contribution in [3.63, 3.8) is 0 Å². The Kier molecular flexibility index (Phi) is 4.14. The zero-order valence-corrected chi connectivity index (χ0v) is 11.0. The molecule has 1 aromatic carbocycles. The fourth-order valence-electron chi connectivity index (χ4n) is 2.13. The third-order valence-corrected chi connectivity index (χ3v) is 5.07. The molecule has 0 radical (unpaired) electrons. The van der Waals surface area contributed by atoms with Gasteiger partial charge in [-0.05, 0) is 12.8 Å². The summed E-state index contributed by atoms with van der Waals surface area (Å²) in [6.07, 6.45) is 1.69. The third-order valence-electron chi connectivity index (χ3n) is 3.11. The molecule has 5 heteroatoms. The molecule has 0 saturated carbocycles. The van der Waals surface area contributed by atoms with Gasteiger partial charge in [-0.15, -0.1) is 0 Å². The first-order valence-electron chi connectivity index (χ1n) is 6.16. The highest BCUT2D eigenvalue weighted by Crippen LogP contribution is 2.14. The largest absolute Gasteiger partial charge is 0.294 e. The summed E-state index contributed by atoms with van der Waals surface area (Å²) in [7, 11) is -3.03. The van der Waals surface area contributed by atoms with E-state index in [4.69, 9.17) is 0 Å². The number of ketones is 1. The lowest BCUT2D eigenvalue weighted by molar-refractivity contribution is 0.0978. The highest BCUT2D eigenvalue weighted by molar-refractivity contribution is 7.89. The summed E-state index contributed by atoms with van der Waals surface area (Å²) in [5.74, 6) is 0.326. The molecule has 0 N–H and O–H groups in total. The number of carbonyl (C=O) groups excluding carboxylic acids is 1. The third kappa shape index (κ3) is 3.17. The van der Waals surface area contributed by atoms with Crippen LogP contribution in [-0.2, 0) is 10.0 Å². The van der Waals surface area contributed by atoms with Crippen LogP contribution in [0, 0.1) is 0 Å². The van der Waals surface area contributed by atoms with Gasteiger partial charge >= 0.3 is 0 Å². The van der Waals surface area contributed by atoms with Gasteiger partial charge in [0, 0.05) is 25.1 Å². The van der Waals surface area contributed by atoms with Crippen molar-refractivity contribution in [3.05, 3.63) is 35.9 Å². The number of rotatable bonds is 5. The van der Waals surface area contributed by atoms with E-state index >= 15 is 0 Å². The van der Waals surface area contributed by atoms with E-state index < -0.39 is 10.0 Å². The second kappa shape index (κ2) is 5.63. The smallest absolute Gasteiger partial charge is 0.214 e. The topological polar surface area (TPSA) is 54.5 Å². The molecule has 0 bridgehead atoms. The van der Waals surface area contributed by atoms with Gasteiger partial charge in [0.05, 0.1) is 5.75 Å². The number of sulfonamides is 1. The molecule has 0 unspecified atom stereocenters. The number of hydrogen-bond donors (Lipinski definition) is 0. The van der Waals surface area contributed by atoms with E-state index in [9.17, 15) is 13.2 Å². The molecule has 0 aromatic heterocycles.